The van der Waals surface area contributed by atoms with Gasteiger partial charge in [-0.15, -0.1) is 0 Å². The molecule has 2 amide bonds. The lowest BCUT2D eigenvalue weighted by Gasteiger charge is -2.34. The van der Waals surface area contributed by atoms with Crippen LogP contribution in [0.3, 0.4) is 0 Å². The number of fused-ring (bicyclic) bond motifs is 2. The second-order valence-corrected chi connectivity index (χ2v) is 10.4. The normalized spacial score (nSPS) is 34.4. The minimum atomic E-state index is -0.902. The highest BCUT2D eigenvalue weighted by Gasteiger charge is 2.36. The van der Waals surface area contributed by atoms with E-state index >= 15 is 0 Å². The minimum Gasteiger partial charge on any atom is -0.441 e. The largest absolute Gasteiger partial charge is 0.441 e. The van der Waals surface area contributed by atoms with Crippen LogP contribution in [0.4, 0.5) is 4.79 Å². The summed E-state index contributed by atoms with van der Waals surface area (Å²) < 4.78 is 22.9. The summed E-state index contributed by atoms with van der Waals surface area (Å²) in [5, 5.41) is 2.56. The number of rotatable bonds is 4. The lowest BCUT2D eigenvalue weighted by Crippen LogP contribution is -2.40. The monoisotopic (exact) mass is 558 g/mol. The minimum absolute atomic E-state index is 0.119. The third kappa shape index (κ3) is 8.33. The molecular weight excluding hydrogens is 516 g/mol. The average Bonchev–Trinajstić information content (AvgIpc) is 2.88. The fraction of sp³-hybridized carbons (Fsp3) is 0.533. The van der Waals surface area contributed by atoms with Gasteiger partial charge in [0.15, 0.2) is 5.78 Å². The fourth-order valence-electron chi connectivity index (χ4n) is 5.27. The van der Waals surface area contributed by atoms with Gasteiger partial charge in [-0.05, 0) is 37.8 Å². The van der Waals surface area contributed by atoms with Gasteiger partial charge >= 0.3 is 6.09 Å². The molecule has 0 radical (unpaired) electrons. The van der Waals surface area contributed by atoms with Crippen LogP contribution in [0.25, 0.3) is 0 Å². The molecule has 10 heteroatoms. The van der Waals surface area contributed by atoms with Gasteiger partial charge in [-0.1, -0.05) is 45.1 Å². The molecule has 2 aliphatic rings. The molecule has 7 atom stereocenters. The second-order valence-electron chi connectivity index (χ2n) is 10.4. The summed E-state index contributed by atoms with van der Waals surface area (Å²) in [7, 11) is 4.64. The molecule has 0 saturated carbocycles. The molecule has 1 heterocycles. The first-order valence-electron chi connectivity index (χ1n) is 13.3. The quantitative estimate of drug-likeness (QED) is 0.395. The molecule has 3 N–H and O–H groups in total. The lowest BCUT2D eigenvalue weighted by molar-refractivity contribution is -0.120. The summed E-state index contributed by atoms with van der Waals surface area (Å²) in [6.45, 7) is 9.17. The van der Waals surface area contributed by atoms with E-state index in [-0.39, 0.29) is 29.0 Å². The number of hydrogen-bond donors (Lipinski definition) is 2. The number of carbonyl (C=O) groups is 4. The Hall–Kier alpha value is -3.34. The Morgan fingerprint density at radius 3 is 2.20 bits per heavy atom. The first kappa shape index (κ1) is 32.9. The molecule has 0 aromatic heterocycles. The van der Waals surface area contributed by atoms with Crippen molar-refractivity contribution >= 4 is 23.6 Å². The van der Waals surface area contributed by atoms with Crippen LogP contribution in [0.15, 0.2) is 58.9 Å². The number of nitrogens with two attached hydrogens (primary N) is 1. The van der Waals surface area contributed by atoms with Crippen LogP contribution in [0, 0.1) is 17.8 Å². The summed E-state index contributed by atoms with van der Waals surface area (Å²) in [5.41, 5.74) is 6.49. The Morgan fingerprint density at radius 1 is 0.950 bits per heavy atom. The molecule has 220 valence electrons. The van der Waals surface area contributed by atoms with Crippen molar-refractivity contribution in [2.24, 2.45) is 23.5 Å². The SMILES string of the molecule is CO[C@H]1[C@H](C)/C=C(\C)[C@@H](OC(N)=O)[C@@H](C)/C=C\C=C(/C)C(=O)NC2=CC(=O)C=C(C2=O)[C@H](OC)[C@@H](C)C[C@H]1OC. The van der Waals surface area contributed by atoms with E-state index in [1.165, 1.54) is 13.2 Å². The molecule has 0 saturated heterocycles. The highest BCUT2D eigenvalue weighted by Crippen LogP contribution is 2.30. The molecule has 1 aliphatic carbocycles. The van der Waals surface area contributed by atoms with Crippen molar-refractivity contribution < 1.29 is 38.1 Å². The molecule has 10 nitrogen and oxygen atoms in total. The molecule has 0 unspecified atom stereocenters. The standard InChI is InChI=1S/C30H42N2O8/c1-16-10-9-11-17(2)29(35)32-23-15-21(33)14-22(25(23)34)27(38-7)20(5)13-24(37-6)28(39-8)19(4)12-18(3)26(16)40-30(31)36/h9-12,14-16,19-20,24,26-28H,13H2,1-8H3,(H2,31,36)(H,32,35)/b10-9-,17-11+,18-12+/t16-,19+,20-,24+,26-,27+,28-/m0/s1. The molecule has 2 rings (SSSR count). The van der Waals surface area contributed by atoms with Gasteiger partial charge in [0.05, 0.1) is 24.0 Å². The van der Waals surface area contributed by atoms with Crippen molar-refractivity contribution in [2.75, 3.05) is 21.3 Å². The van der Waals surface area contributed by atoms with Crippen LogP contribution < -0.4 is 11.1 Å². The van der Waals surface area contributed by atoms with Crippen molar-refractivity contribution in [1.29, 1.82) is 0 Å². The lowest BCUT2D eigenvalue weighted by atomic mass is 9.83. The van der Waals surface area contributed by atoms with E-state index in [1.807, 2.05) is 33.8 Å². The molecule has 0 fully saturated rings. The Morgan fingerprint density at radius 2 is 1.62 bits per heavy atom. The molecule has 0 spiro atoms. The number of allylic oxidation sites excluding steroid dienone is 5. The molecule has 40 heavy (non-hydrogen) atoms. The van der Waals surface area contributed by atoms with Gasteiger partial charge in [0.25, 0.3) is 5.91 Å². The summed E-state index contributed by atoms with van der Waals surface area (Å²) in [5.74, 6) is -2.19. The number of Topliss-reactive ketones (excluding diaryl/α,β-unsaturated/α-hetero) is 1. The number of ether oxygens (including phenoxy) is 4. The maximum Gasteiger partial charge on any atom is 0.405 e. The number of carbonyl (C=O) groups excluding carboxylic acids is 4. The van der Waals surface area contributed by atoms with Gasteiger partial charge in [0.1, 0.15) is 6.10 Å². The van der Waals surface area contributed by atoms with E-state index in [2.05, 4.69) is 5.32 Å². The predicted octanol–water partition coefficient (Wildman–Crippen LogP) is 3.33. The van der Waals surface area contributed by atoms with E-state index in [9.17, 15) is 19.2 Å². The van der Waals surface area contributed by atoms with Crippen LogP contribution in [-0.4, -0.2) is 69.3 Å². The zero-order valence-electron chi connectivity index (χ0n) is 24.6. The maximum atomic E-state index is 13.4. The van der Waals surface area contributed by atoms with Crippen molar-refractivity contribution in [3.8, 4) is 0 Å². The van der Waals surface area contributed by atoms with E-state index in [1.54, 1.807) is 39.4 Å². The third-order valence-corrected chi connectivity index (χ3v) is 7.29. The van der Waals surface area contributed by atoms with Crippen LogP contribution in [0.1, 0.15) is 41.0 Å². The predicted molar refractivity (Wildman–Crippen MR) is 150 cm³/mol. The van der Waals surface area contributed by atoms with Crippen LogP contribution >= 0.6 is 0 Å². The van der Waals surface area contributed by atoms with E-state index in [0.717, 1.165) is 11.6 Å². The topological polar surface area (TPSA) is 143 Å². The van der Waals surface area contributed by atoms with Crippen molar-refractivity contribution in [2.45, 2.75) is 65.5 Å². The van der Waals surface area contributed by atoms with Gasteiger partial charge < -0.3 is 30.0 Å². The van der Waals surface area contributed by atoms with Crippen LogP contribution in [-0.2, 0) is 33.3 Å². The summed E-state index contributed by atoms with van der Waals surface area (Å²) >= 11 is 0. The number of methoxy groups -OCH3 is 3. The Kier molecular flexibility index (Phi) is 12.2. The number of hydrogen-bond acceptors (Lipinski definition) is 8. The second kappa shape index (κ2) is 14.9. The fourth-order valence-corrected chi connectivity index (χ4v) is 5.27. The van der Waals surface area contributed by atoms with Crippen molar-refractivity contribution in [1.82, 2.24) is 5.32 Å². The smallest absolute Gasteiger partial charge is 0.405 e. The van der Waals surface area contributed by atoms with Gasteiger partial charge in [-0.3, -0.25) is 14.4 Å². The van der Waals surface area contributed by atoms with Crippen LogP contribution in [0.5, 0.6) is 0 Å². The zero-order chi connectivity index (χ0) is 30.1. The molecule has 0 aromatic carbocycles. The summed E-state index contributed by atoms with van der Waals surface area (Å²) in [6, 6.07) is 0. The van der Waals surface area contributed by atoms with Gasteiger partial charge in [0, 0.05) is 50.4 Å². The highest BCUT2D eigenvalue weighted by molar-refractivity contribution is 6.22. The van der Waals surface area contributed by atoms with Gasteiger partial charge in [-0.2, -0.15) is 0 Å². The highest BCUT2D eigenvalue weighted by atomic mass is 16.6. The van der Waals surface area contributed by atoms with Gasteiger partial charge in [0.2, 0.25) is 5.78 Å². The number of ketones is 2. The average molecular weight is 559 g/mol. The van der Waals surface area contributed by atoms with Crippen molar-refractivity contribution in [3.05, 3.63) is 58.9 Å². The molecular formula is C30H42N2O8. The van der Waals surface area contributed by atoms with Crippen LogP contribution in [0.2, 0.25) is 0 Å². The number of nitrogens with one attached hydrogen (secondary N) is 1. The van der Waals surface area contributed by atoms with Crippen molar-refractivity contribution in [3.63, 3.8) is 0 Å². The van der Waals surface area contributed by atoms with Gasteiger partial charge in [-0.25, -0.2) is 4.79 Å². The molecule has 0 aromatic rings. The number of primary amides is 1. The Bertz CT molecular complexity index is 1130. The third-order valence-electron chi connectivity index (χ3n) is 7.29. The molecule has 2 bridgehead atoms. The zero-order valence-corrected chi connectivity index (χ0v) is 24.6. The first-order valence-corrected chi connectivity index (χ1v) is 13.3. The van der Waals surface area contributed by atoms with E-state index in [4.69, 9.17) is 24.7 Å². The maximum absolute atomic E-state index is 13.4. The van der Waals surface area contributed by atoms with E-state index in [0.29, 0.717) is 12.0 Å². The first-order chi connectivity index (χ1) is 18.8. The van der Waals surface area contributed by atoms with E-state index < -0.39 is 48.0 Å². The summed E-state index contributed by atoms with van der Waals surface area (Å²) in [4.78, 5) is 50.5. The Balaban J connectivity index is 2.62. The number of amides is 2. The summed E-state index contributed by atoms with van der Waals surface area (Å²) in [6.07, 6.45) is 6.65. The molecule has 1 aliphatic heterocycles. The Labute approximate surface area is 236 Å².